The molecule has 27 heavy (non-hydrogen) atoms. The number of rotatable bonds is 5. The van der Waals surface area contributed by atoms with E-state index in [2.05, 4.69) is 41.8 Å². The van der Waals surface area contributed by atoms with Gasteiger partial charge in [-0.05, 0) is 71.5 Å². The molecule has 1 saturated carbocycles. The normalized spacial score (nSPS) is 20.1. The van der Waals surface area contributed by atoms with Gasteiger partial charge >= 0.3 is 6.09 Å². The van der Waals surface area contributed by atoms with Gasteiger partial charge in [-0.25, -0.2) is 9.48 Å². The summed E-state index contributed by atoms with van der Waals surface area (Å²) in [6.07, 6.45) is 2.26. The highest BCUT2D eigenvalue weighted by Crippen LogP contribution is 2.37. The Morgan fingerprint density at radius 1 is 1.37 bits per heavy atom. The molecule has 148 valence electrons. The average Bonchev–Trinajstić information content (AvgIpc) is 3.26. The van der Waals surface area contributed by atoms with E-state index in [1.54, 1.807) is 0 Å². The molecule has 2 aromatic heterocycles. The van der Waals surface area contributed by atoms with Crippen LogP contribution in [-0.2, 0) is 10.3 Å². The van der Waals surface area contributed by atoms with Crippen LogP contribution in [0.15, 0.2) is 17.5 Å². The lowest BCUT2D eigenvalue weighted by Gasteiger charge is -2.22. The van der Waals surface area contributed by atoms with Crippen LogP contribution in [0.1, 0.15) is 65.5 Å². The molecule has 2 heterocycles. The molecular weight excluding hydrogens is 362 g/mol. The standard InChI is InChI=1S/C19H29N5O2S/c1-12(2)20-18(25)26-14-7-6-13(10-14)15-11-17(21-16-8-9-27-23-16)24(22-15)19(3,4)5/h8-9,11-14H,6-7,10H2,1-5H3,(H,20,25)(H,21,23). The minimum absolute atomic E-state index is 0.0523. The molecule has 1 amide bonds. The zero-order valence-corrected chi connectivity index (χ0v) is 17.5. The Morgan fingerprint density at radius 2 is 2.15 bits per heavy atom. The first kappa shape index (κ1) is 19.7. The molecule has 1 fully saturated rings. The lowest BCUT2D eigenvalue weighted by molar-refractivity contribution is 0.0981. The van der Waals surface area contributed by atoms with E-state index in [9.17, 15) is 4.79 Å². The molecular formula is C19H29N5O2S. The highest BCUT2D eigenvalue weighted by molar-refractivity contribution is 7.03. The van der Waals surface area contributed by atoms with E-state index in [1.165, 1.54) is 11.5 Å². The fourth-order valence-electron chi connectivity index (χ4n) is 3.34. The molecule has 0 aliphatic heterocycles. The highest BCUT2D eigenvalue weighted by Gasteiger charge is 2.32. The first-order valence-electron chi connectivity index (χ1n) is 9.47. The van der Waals surface area contributed by atoms with Gasteiger partial charge in [0.2, 0.25) is 0 Å². The van der Waals surface area contributed by atoms with Gasteiger partial charge in [-0.2, -0.15) is 9.47 Å². The van der Waals surface area contributed by atoms with E-state index in [-0.39, 0.29) is 23.8 Å². The topological polar surface area (TPSA) is 81.1 Å². The fourth-order valence-corrected chi connectivity index (χ4v) is 3.82. The molecule has 2 aromatic rings. The summed E-state index contributed by atoms with van der Waals surface area (Å²) in [5.41, 5.74) is 0.889. The zero-order chi connectivity index (χ0) is 19.6. The number of ether oxygens (including phenoxy) is 1. The summed E-state index contributed by atoms with van der Waals surface area (Å²) in [5, 5.41) is 13.0. The van der Waals surface area contributed by atoms with Gasteiger partial charge in [-0.15, -0.1) is 0 Å². The first-order chi connectivity index (χ1) is 12.7. The fraction of sp³-hybridized carbons (Fsp3) is 0.632. The third kappa shape index (κ3) is 5.00. The summed E-state index contributed by atoms with van der Waals surface area (Å²) in [6, 6.07) is 4.14. The summed E-state index contributed by atoms with van der Waals surface area (Å²) >= 11 is 1.42. The van der Waals surface area contributed by atoms with E-state index in [1.807, 2.05) is 30.0 Å². The molecule has 2 unspecified atom stereocenters. The Labute approximate surface area is 164 Å². The van der Waals surface area contributed by atoms with Crippen LogP contribution in [0.5, 0.6) is 0 Å². The number of nitrogens with one attached hydrogen (secondary N) is 2. The number of alkyl carbamates (subject to hydrolysis) is 1. The molecule has 0 saturated heterocycles. The summed E-state index contributed by atoms with van der Waals surface area (Å²) < 4.78 is 11.9. The van der Waals surface area contributed by atoms with Crippen molar-refractivity contribution in [2.75, 3.05) is 5.32 Å². The highest BCUT2D eigenvalue weighted by atomic mass is 32.1. The maximum Gasteiger partial charge on any atom is 0.407 e. The van der Waals surface area contributed by atoms with E-state index >= 15 is 0 Å². The smallest absolute Gasteiger partial charge is 0.407 e. The zero-order valence-electron chi connectivity index (χ0n) is 16.7. The van der Waals surface area contributed by atoms with Crippen LogP contribution < -0.4 is 10.6 Å². The SMILES string of the molecule is CC(C)NC(=O)OC1CCC(c2cc(Nc3ccsn3)n(C(C)(C)C)n2)C1. The molecule has 0 aromatic carbocycles. The number of aromatic nitrogens is 3. The van der Waals surface area contributed by atoms with Gasteiger partial charge in [-0.1, -0.05) is 0 Å². The quantitative estimate of drug-likeness (QED) is 0.778. The van der Waals surface area contributed by atoms with Gasteiger partial charge in [-0.3, -0.25) is 0 Å². The maximum absolute atomic E-state index is 11.9. The van der Waals surface area contributed by atoms with Crippen LogP contribution in [0.25, 0.3) is 0 Å². The summed E-state index contributed by atoms with van der Waals surface area (Å²) in [6.45, 7) is 10.2. The van der Waals surface area contributed by atoms with Gasteiger partial charge < -0.3 is 15.4 Å². The van der Waals surface area contributed by atoms with Crippen LogP contribution in [0.3, 0.4) is 0 Å². The number of hydrogen-bond donors (Lipinski definition) is 2. The Hall–Kier alpha value is -2.09. The van der Waals surface area contributed by atoms with E-state index in [0.717, 1.165) is 36.6 Å². The predicted octanol–water partition coefficient (Wildman–Crippen LogP) is 4.61. The van der Waals surface area contributed by atoms with Gasteiger partial charge in [0.15, 0.2) is 0 Å². The van der Waals surface area contributed by atoms with Crippen molar-refractivity contribution in [1.82, 2.24) is 19.5 Å². The third-order valence-electron chi connectivity index (χ3n) is 4.54. The van der Waals surface area contributed by atoms with Gasteiger partial charge in [0.25, 0.3) is 0 Å². The van der Waals surface area contributed by atoms with Crippen molar-refractivity contribution in [3.63, 3.8) is 0 Å². The molecule has 1 aliphatic rings. The largest absolute Gasteiger partial charge is 0.446 e. The number of amides is 1. The van der Waals surface area contributed by atoms with E-state index in [4.69, 9.17) is 9.84 Å². The van der Waals surface area contributed by atoms with Gasteiger partial charge in [0.05, 0.1) is 11.2 Å². The molecule has 0 bridgehead atoms. The molecule has 0 radical (unpaired) electrons. The van der Waals surface area contributed by atoms with Crippen molar-refractivity contribution in [2.24, 2.45) is 0 Å². The third-order valence-corrected chi connectivity index (χ3v) is 5.10. The van der Waals surface area contributed by atoms with Crippen LogP contribution in [-0.4, -0.2) is 32.4 Å². The minimum atomic E-state index is -0.332. The van der Waals surface area contributed by atoms with Crippen molar-refractivity contribution in [1.29, 1.82) is 0 Å². The molecule has 3 rings (SSSR count). The average molecular weight is 392 g/mol. The van der Waals surface area contributed by atoms with Crippen molar-refractivity contribution < 1.29 is 9.53 Å². The Morgan fingerprint density at radius 3 is 2.78 bits per heavy atom. The monoisotopic (exact) mass is 391 g/mol. The van der Waals surface area contributed by atoms with Gasteiger partial charge in [0, 0.05) is 23.4 Å². The van der Waals surface area contributed by atoms with Crippen molar-refractivity contribution in [2.45, 2.75) is 77.5 Å². The molecule has 1 aliphatic carbocycles. The first-order valence-corrected chi connectivity index (χ1v) is 10.3. The number of carbonyl (C=O) groups is 1. The van der Waals surface area contributed by atoms with Crippen molar-refractivity contribution in [3.05, 3.63) is 23.2 Å². The lowest BCUT2D eigenvalue weighted by Crippen LogP contribution is -2.33. The molecule has 2 atom stereocenters. The van der Waals surface area contributed by atoms with Crippen LogP contribution in [0, 0.1) is 0 Å². The molecule has 0 spiro atoms. The second-order valence-corrected chi connectivity index (χ2v) is 9.05. The Balaban J connectivity index is 1.71. The summed E-state index contributed by atoms with van der Waals surface area (Å²) in [7, 11) is 0. The number of hydrogen-bond acceptors (Lipinski definition) is 6. The van der Waals surface area contributed by atoms with Gasteiger partial charge in [0.1, 0.15) is 17.7 Å². The molecule has 7 nitrogen and oxygen atoms in total. The van der Waals surface area contributed by atoms with Crippen molar-refractivity contribution in [3.8, 4) is 0 Å². The number of carbonyl (C=O) groups excluding carboxylic acids is 1. The Kier molecular flexibility index (Phi) is 5.74. The van der Waals surface area contributed by atoms with Crippen LogP contribution in [0.2, 0.25) is 0 Å². The van der Waals surface area contributed by atoms with Crippen LogP contribution in [0.4, 0.5) is 16.4 Å². The van der Waals surface area contributed by atoms with Crippen molar-refractivity contribution >= 4 is 29.3 Å². The summed E-state index contributed by atoms with van der Waals surface area (Å²) in [4.78, 5) is 11.9. The van der Waals surface area contributed by atoms with E-state index < -0.39 is 0 Å². The second kappa shape index (κ2) is 7.88. The lowest BCUT2D eigenvalue weighted by atomic mass is 10.0. The molecule has 8 heteroatoms. The minimum Gasteiger partial charge on any atom is -0.446 e. The van der Waals surface area contributed by atoms with E-state index in [0.29, 0.717) is 5.92 Å². The van der Waals surface area contributed by atoms with Crippen LogP contribution >= 0.6 is 11.5 Å². The Bertz CT molecular complexity index is 764. The number of nitrogens with zero attached hydrogens (tertiary/aromatic N) is 3. The maximum atomic E-state index is 11.9. The number of anilines is 2. The predicted molar refractivity (Wildman–Crippen MR) is 108 cm³/mol. The summed E-state index contributed by atoms with van der Waals surface area (Å²) in [5.74, 6) is 2.06. The molecule has 2 N–H and O–H groups in total. The second-order valence-electron chi connectivity index (χ2n) is 8.38.